The quantitative estimate of drug-likeness (QED) is 0.716. The highest BCUT2D eigenvalue weighted by Gasteiger charge is 2.38. The molecule has 7 nitrogen and oxygen atoms in total. The van der Waals surface area contributed by atoms with Gasteiger partial charge in [-0.3, -0.25) is 14.5 Å². The highest BCUT2D eigenvalue weighted by Crippen LogP contribution is 2.35. The molecule has 31 heavy (non-hydrogen) atoms. The number of hydrogen-bond donors (Lipinski definition) is 1. The van der Waals surface area contributed by atoms with E-state index in [1.807, 2.05) is 17.5 Å². The van der Waals surface area contributed by atoms with Gasteiger partial charge in [0, 0.05) is 43.5 Å². The average molecular weight is 462 g/mol. The fourth-order valence-electron chi connectivity index (χ4n) is 4.32. The predicted octanol–water partition coefficient (Wildman–Crippen LogP) is 2.56. The summed E-state index contributed by atoms with van der Waals surface area (Å²) in [6.07, 6.45) is 3.84. The van der Waals surface area contributed by atoms with Crippen molar-refractivity contribution in [3.63, 3.8) is 0 Å². The Bertz CT molecular complexity index is 1060. The van der Waals surface area contributed by atoms with Crippen molar-refractivity contribution in [3.05, 3.63) is 46.2 Å². The summed E-state index contributed by atoms with van der Waals surface area (Å²) < 4.78 is 27.6. The molecule has 0 bridgehead atoms. The van der Waals surface area contributed by atoms with Crippen molar-refractivity contribution in [2.45, 2.75) is 50.0 Å². The molecule has 2 aromatic rings. The molecule has 3 heterocycles. The Kier molecular flexibility index (Phi) is 6.45. The van der Waals surface area contributed by atoms with E-state index in [1.165, 1.54) is 21.0 Å². The summed E-state index contributed by atoms with van der Waals surface area (Å²) in [5.41, 5.74) is 1.33. The number of hydrogen-bond acceptors (Lipinski definition) is 5. The summed E-state index contributed by atoms with van der Waals surface area (Å²) >= 11 is 1.64. The summed E-state index contributed by atoms with van der Waals surface area (Å²) in [6.45, 7) is 2.99. The number of amides is 2. The normalized spacial score (nSPS) is 19.3. The monoisotopic (exact) mass is 461 g/mol. The Labute approximate surface area is 187 Å². The minimum absolute atomic E-state index is 0.219. The molecule has 9 heteroatoms. The number of thiophene rings is 1. The summed E-state index contributed by atoms with van der Waals surface area (Å²) in [4.78, 5) is 28.1. The van der Waals surface area contributed by atoms with Gasteiger partial charge in [0.15, 0.2) is 0 Å². The third-order valence-corrected chi connectivity index (χ3v) is 8.71. The largest absolute Gasteiger partial charge is 0.354 e. The predicted molar refractivity (Wildman–Crippen MR) is 121 cm³/mol. The molecule has 1 N–H and O–H groups in total. The second-order valence-corrected chi connectivity index (χ2v) is 11.0. The van der Waals surface area contributed by atoms with E-state index in [9.17, 15) is 18.0 Å². The van der Waals surface area contributed by atoms with Crippen LogP contribution in [0, 0.1) is 0 Å². The van der Waals surface area contributed by atoms with E-state index in [2.05, 4.69) is 5.32 Å². The molecule has 0 radical (unpaired) electrons. The lowest BCUT2D eigenvalue weighted by Gasteiger charge is -2.26. The lowest BCUT2D eigenvalue weighted by molar-refractivity contribution is -0.125. The van der Waals surface area contributed by atoms with Crippen LogP contribution in [-0.2, 0) is 32.5 Å². The molecule has 2 aliphatic heterocycles. The zero-order chi connectivity index (χ0) is 22.0. The van der Waals surface area contributed by atoms with Gasteiger partial charge in [0.25, 0.3) is 0 Å². The standard InChI is InChI=1S/C22H27N3O4S2/c1-16(26)25-20-8-7-19(31(28,29)24-11-3-2-4-12-24)14-17(20)15-21(25)22(27)23-10-9-18-6-5-13-30-18/h5-8,13-14,21H,2-4,9-12,15H2,1H3,(H,23,27)/t21-/m0/s1. The van der Waals surface area contributed by atoms with E-state index in [0.717, 1.165) is 25.7 Å². The molecule has 1 saturated heterocycles. The van der Waals surface area contributed by atoms with Crippen molar-refractivity contribution >= 4 is 38.9 Å². The number of benzene rings is 1. The summed E-state index contributed by atoms with van der Waals surface area (Å²) in [6, 6.07) is 8.18. The zero-order valence-corrected chi connectivity index (χ0v) is 19.2. The lowest BCUT2D eigenvalue weighted by Crippen LogP contribution is -2.47. The maximum absolute atomic E-state index is 13.0. The molecular weight excluding hydrogens is 434 g/mol. The maximum atomic E-state index is 13.0. The lowest BCUT2D eigenvalue weighted by atomic mass is 10.1. The van der Waals surface area contributed by atoms with Crippen molar-refractivity contribution in [2.24, 2.45) is 0 Å². The van der Waals surface area contributed by atoms with Crippen LogP contribution in [-0.4, -0.2) is 50.2 Å². The van der Waals surface area contributed by atoms with Crippen LogP contribution in [0.25, 0.3) is 0 Å². The summed E-state index contributed by atoms with van der Waals surface area (Å²) in [5, 5.41) is 4.92. The van der Waals surface area contributed by atoms with Crippen LogP contribution in [0.1, 0.15) is 36.6 Å². The fourth-order valence-corrected chi connectivity index (χ4v) is 6.60. The number of anilines is 1. The Morgan fingerprint density at radius 2 is 1.94 bits per heavy atom. The Balaban J connectivity index is 1.51. The van der Waals surface area contributed by atoms with Crippen molar-refractivity contribution in [2.75, 3.05) is 24.5 Å². The molecule has 2 aliphatic rings. The molecule has 0 unspecified atom stereocenters. The molecule has 1 aromatic heterocycles. The maximum Gasteiger partial charge on any atom is 0.243 e. The molecule has 1 atom stereocenters. The van der Waals surface area contributed by atoms with E-state index >= 15 is 0 Å². The van der Waals surface area contributed by atoms with Crippen LogP contribution in [0.15, 0.2) is 40.6 Å². The van der Waals surface area contributed by atoms with Gasteiger partial charge in [-0.25, -0.2) is 8.42 Å². The Morgan fingerprint density at radius 1 is 1.16 bits per heavy atom. The molecular formula is C22H27N3O4S2. The number of rotatable bonds is 6. The van der Waals surface area contributed by atoms with E-state index in [0.29, 0.717) is 37.3 Å². The Hall–Kier alpha value is -2.23. The number of carbonyl (C=O) groups is 2. The van der Waals surface area contributed by atoms with Gasteiger partial charge in [-0.1, -0.05) is 12.5 Å². The molecule has 0 saturated carbocycles. The van der Waals surface area contributed by atoms with Gasteiger partial charge >= 0.3 is 0 Å². The molecule has 4 rings (SSSR count). The number of sulfonamides is 1. The van der Waals surface area contributed by atoms with Crippen molar-refractivity contribution in [1.82, 2.24) is 9.62 Å². The van der Waals surface area contributed by atoms with Crippen LogP contribution >= 0.6 is 11.3 Å². The molecule has 2 amide bonds. The number of nitrogens with zero attached hydrogens (tertiary/aromatic N) is 2. The van der Waals surface area contributed by atoms with Gasteiger partial charge in [-0.15, -0.1) is 11.3 Å². The SMILES string of the molecule is CC(=O)N1c2ccc(S(=O)(=O)N3CCCCC3)cc2C[C@H]1C(=O)NCCc1cccs1. The van der Waals surface area contributed by atoms with E-state index in [4.69, 9.17) is 0 Å². The highest BCUT2D eigenvalue weighted by molar-refractivity contribution is 7.89. The number of carbonyl (C=O) groups excluding carboxylic acids is 2. The van der Waals surface area contributed by atoms with Crippen molar-refractivity contribution < 1.29 is 18.0 Å². The second kappa shape index (κ2) is 9.10. The summed E-state index contributed by atoms with van der Waals surface area (Å²) in [7, 11) is -3.57. The van der Waals surface area contributed by atoms with E-state index < -0.39 is 16.1 Å². The first-order valence-corrected chi connectivity index (χ1v) is 12.9. The molecule has 1 fully saturated rings. The van der Waals surface area contributed by atoms with Gasteiger partial charge in [0.2, 0.25) is 21.8 Å². The fraction of sp³-hybridized carbons (Fsp3) is 0.455. The molecule has 166 valence electrons. The highest BCUT2D eigenvalue weighted by atomic mass is 32.2. The third-order valence-electron chi connectivity index (χ3n) is 5.88. The van der Waals surface area contributed by atoms with Crippen LogP contribution in [0.5, 0.6) is 0 Å². The van der Waals surface area contributed by atoms with Gasteiger partial charge in [-0.05, 0) is 54.5 Å². The summed E-state index contributed by atoms with van der Waals surface area (Å²) in [5.74, 6) is -0.452. The van der Waals surface area contributed by atoms with Gasteiger partial charge in [-0.2, -0.15) is 4.31 Å². The van der Waals surface area contributed by atoms with E-state index in [1.54, 1.807) is 29.5 Å². The van der Waals surface area contributed by atoms with Gasteiger partial charge in [0.05, 0.1) is 4.90 Å². The minimum atomic E-state index is -3.57. The molecule has 0 spiro atoms. The topological polar surface area (TPSA) is 86.8 Å². The van der Waals surface area contributed by atoms with Crippen LogP contribution in [0.4, 0.5) is 5.69 Å². The first-order chi connectivity index (χ1) is 14.9. The van der Waals surface area contributed by atoms with Crippen LogP contribution < -0.4 is 10.2 Å². The number of piperidine rings is 1. The average Bonchev–Trinajstić information content (AvgIpc) is 3.41. The smallest absolute Gasteiger partial charge is 0.243 e. The van der Waals surface area contributed by atoms with Crippen LogP contribution in [0.3, 0.4) is 0 Å². The van der Waals surface area contributed by atoms with Crippen LogP contribution in [0.2, 0.25) is 0 Å². The molecule has 1 aromatic carbocycles. The second-order valence-electron chi connectivity index (χ2n) is 7.98. The van der Waals surface area contributed by atoms with Gasteiger partial charge in [0.1, 0.15) is 6.04 Å². The number of fused-ring (bicyclic) bond motifs is 1. The first kappa shape index (κ1) is 22.0. The van der Waals surface area contributed by atoms with Crippen molar-refractivity contribution in [1.29, 1.82) is 0 Å². The van der Waals surface area contributed by atoms with E-state index in [-0.39, 0.29) is 16.7 Å². The van der Waals surface area contributed by atoms with Crippen molar-refractivity contribution in [3.8, 4) is 0 Å². The zero-order valence-electron chi connectivity index (χ0n) is 17.5. The van der Waals surface area contributed by atoms with Gasteiger partial charge < -0.3 is 5.32 Å². The number of nitrogens with one attached hydrogen (secondary N) is 1. The minimum Gasteiger partial charge on any atom is -0.354 e. The molecule has 0 aliphatic carbocycles. The Morgan fingerprint density at radius 3 is 2.61 bits per heavy atom. The third kappa shape index (κ3) is 4.53. The first-order valence-electron chi connectivity index (χ1n) is 10.6.